The molecule has 0 fully saturated rings. The summed E-state index contributed by atoms with van der Waals surface area (Å²) in [6.45, 7) is 0. The van der Waals surface area contributed by atoms with E-state index in [0.29, 0.717) is 11.1 Å². The van der Waals surface area contributed by atoms with Gasteiger partial charge in [-0.15, -0.1) is 5.10 Å². The second-order valence-electron chi connectivity index (χ2n) is 5.32. The third-order valence-electron chi connectivity index (χ3n) is 3.36. The summed E-state index contributed by atoms with van der Waals surface area (Å²) >= 11 is 0. The van der Waals surface area contributed by atoms with Gasteiger partial charge in [-0.25, -0.2) is 4.39 Å². The number of nitrogens with zero attached hydrogens (tertiary/aromatic N) is 3. The largest absolute Gasteiger partial charge is 0.403 e. The van der Waals surface area contributed by atoms with Gasteiger partial charge in [-0.05, 0) is 42.5 Å². The highest BCUT2D eigenvalue weighted by Gasteiger charge is 2.13. The molecule has 3 aromatic rings. The van der Waals surface area contributed by atoms with Crippen molar-refractivity contribution in [2.45, 2.75) is 0 Å². The number of aromatic nitrogens is 2. The van der Waals surface area contributed by atoms with Crippen LogP contribution in [0.3, 0.4) is 0 Å². The zero-order valence-corrected chi connectivity index (χ0v) is 13.2. The van der Waals surface area contributed by atoms with E-state index in [-0.39, 0.29) is 17.8 Å². The minimum atomic E-state index is -0.405. The number of halogens is 1. The maximum atomic E-state index is 13.2. The molecule has 0 unspecified atom stereocenters. The van der Waals surface area contributed by atoms with E-state index in [9.17, 15) is 9.18 Å². The van der Waals surface area contributed by atoms with E-state index >= 15 is 0 Å². The lowest BCUT2D eigenvalue weighted by Gasteiger charge is -2.12. The van der Waals surface area contributed by atoms with Crippen molar-refractivity contribution in [1.82, 2.24) is 10.2 Å². The first kappa shape index (κ1) is 15.7. The van der Waals surface area contributed by atoms with Gasteiger partial charge >= 0.3 is 6.01 Å². The van der Waals surface area contributed by atoms with Crippen LogP contribution in [0.5, 0.6) is 0 Å². The van der Waals surface area contributed by atoms with Crippen LogP contribution in [0, 0.1) is 5.82 Å². The molecule has 1 aromatic heterocycles. The molecule has 3 rings (SSSR count). The molecule has 0 saturated heterocycles. The maximum absolute atomic E-state index is 13.2. The number of nitrogens with one attached hydrogen (secondary N) is 1. The van der Waals surface area contributed by atoms with Gasteiger partial charge < -0.3 is 9.32 Å². The summed E-state index contributed by atoms with van der Waals surface area (Å²) in [5, 5.41) is 10.1. The maximum Gasteiger partial charge on any atom is 0.322 e. The normalized spacial score (nSPS) is 10.5. The number of carbonyl (C=O) groups is 1. The summed E-state index contributed by atoms with van der Waals surface area (Å²) in [4.78, 5) is 14.1. The van der Waals surface area contributed by atoms with Gasteiger partial charge in [0, 0.05) is 30.9 Å². The number of anilines is 2. The summed E-state index contributed by atoms with van der Waals surface area (Å²) in [5.74, 6) is -0.639. The Hall–Kier alpha value is -3.22. The van der Waals surface area contributed by atoms with E-state index in [4.69, 9.17) is 4.42 Å². The highest BCUT2D eigenvalue weighted by atomic mass is 19.1. The highest BCUT2D eigenvalue weighted by molar-refractivity contribution is 6.03. The van der Waals surface area contributed by atoms with Crippen LogP contribution in [0.25, 0.3) is 11.5 Å². The third-order valence-corrected chi connectivity index (χ3v) is 3.36. The molecule has 1 N–H and O–H groups in total. The van der Waals surface area contributed by atoms with Crippen molar-refractivity contribution in [2.24, 2.45) is 0 Å². The van der Waals surface area contributed by atoms with Crippen LogP contribution in [-0.4, -0.2) is 30.2 Å². The van der Waals surface area contributed by atoms with Crippen molar-refractivity contribution >= 4 is 17.6 Å². The number of carbonyl (C=O) groups excluding carboxylic acids is 1. The Balaban J connectivity index is 1.73. The van der Waals surface area contributed by atoms with Crippen molar-refractivity contribution in [2.75, 3.05) is 24.3 Å². The zero-order chi connectivity index (χ0) is 17.1. The van der Waals surface area contributed by atoms with Crippen LogP contribution in [0.4, 0.5) is 16.1 Å². The molecule has 122 valence electrons. The number of rotatable bonds is 4. The summed E-state index contributed by atoms with van der Waals surface area (Å²) < 4.78 is 18.6. The van der Waals surface area contributed by atoms with Gasteiger partial charge in [0.1, 0.15) is 5.82 Å². The van der Waals surface area contributed by atoms with E-state index in [0.717, 1.165) is 5.69 Å². The molecule has 0 saturated carbocycles. The van der Waals surface area contributed by atoms with Crippen molar-refractivity contribution in [3.63, 3.8) is 0 Å². The van der Waals surface area contributed by atoms with Gasteiger partial charge in [0.25, 0.3) is 5.91 Å². The second kappa shape index (κ2) is 6.49. The fourth-order valence-corrected chi connectivity index (χ4v) is 2.09. The quantitative estimate of drug-likeness (QED) is 0.797. The van der Waals surface area contributed by atoms with Crippen molar-refractivity contribution < 1.29 is 13.6 Å². The molecule has 1 heterocycles. The van der Waals surface area contributed by atoms with E-state index in [1.54, 1.807) is 24.3 Å². The van der Waals surface area contributed by atoms with Crippen molar-refractivity contribution in [1.29, 1.82) is 0 Å². The number of benzene rings is 2. The Morgan fingerprint density at radius 1 is 1.12 bits per heavy atom. The summed E-state index contributed by atoms with van der Waals surface area (Å²) in [6, 6.07) is 12.8. The van der Waals surface area contributed by atoms with Gasteiger partial charge in [-0.2, -0.15) is 0 Å². The molecule has 7 heteroatoms. The van der Waals surface area contributed by atoms with E-state index in [2.05, 4.69) is 15.5 Å². The van der Waals surface area contributed by atoms with Crippen LogP contribution >= 0.6 is 0 Å². The minimum absolute atomic E-state index is 0.0454. The molecule has 0 aliphatic heterocycles. The van der Waals surface area contributed by atoms with Crippen molar-refractivity contribution in [3.05, 3.63) is 59.9 Å². The third kappa shape index (κ3) is 3.40. The highest BCUT2D eigenvalue weighted by Crippen LogP contribution is 2.21. The van der Waals surface area contributed by atoms with Gasteiger partial charge in [0.15, 0.2) is 0 Å². The summed E-state index contributed by atoms with van der Waals surface area (Å²) in [5.41, 5.74) is 1.89. The number of amides is 1. The van der Waals surface area contributed by atoms with Crippen LogP contribution in [0.15, 0.2) is 52.9 Å². The standard InChI is InChI=1S/C17H15FN4O2/c1-22(2)14-8-6-11(7-9-14)15(23)19-17-21-20-16(24-17)12-4-3-5-13(18)10-12/h3-10H,1-2H3,(H,19,21,23). The fraction of sp³-hybridized carbons (Fsp3) is 0.118. The Morgan fingerprint density at radius 3 is 2.54 bits per heavy atom. The lowest BCUT2D eigenvalue weighted by Crippen LogP contribution is -2.13. The molecule has 0 atom stereocenters. The van der Waals surface area contributed by atoms with Crippen LogP contribution in [0.1, 0.15) is 10.4 Å². The molecule has 0 radical (unpaired) electrons. The second-order valence-corrected chi connectivity index (χ2v) is 5.32. The minimum Gasteiger partial charge on any atom is -0.403 e. The summed E-state index contributed by atoms with van der Waals surface area (Å²) in [6.07, 6.45) is 0. The van der Waals surface area contributed by atoms with Gasteiger partial charge in [0.2, 0.25) is 5.89 Å². The molecule has 0 aliphatic carbocycles. The van der Waals surface area contributed by atoms with Crippen LogP contribution < -0.4 is 10.2 Å². The van der Waals surface area contributed by atoms with Crippen molar-refractivity contribution in [3.8, 4) is 11.5 Å². The Morgan fingerprint density at radius 2 is 1.88 bits per heavy atom. The smallest absolute Gasteiger partial charge is 0.322 e. The SMILES string of the molecule is CN(C)c1ccc(C(=O)Nc2nnc(-c3cccc(F)c3)o2)cc1. The summed E-state index contributed by atoms with van der Waals surface area (Å²) in [7, 11) is 3.84. The molecule has 6 nitrogen and oxygen atoms in total. The molecule has 2 aromatic carbocycles. The van der Waals surface area contributed by atoms with Crippen LogP contribution in [-0.2, 0) is 0 Å². The Bertz CT molecular complexity index is 859. The van der Waals surface area contributed by atoms with Gasteiger partial charge in [-0.1, -0.05) is 11.2 Å². The number of hydrogen-bond donors (Lipinski definition) is 1. The molecule has 1 amide bonds. The molecule has 0 aliphatic rings. The van der Waals surface area contributed by atoms with Gasteiger partial charge in [0.05, 0.1) is 0 Å². The fourth-order valence-electron chi connectivity index (χ4n) is 2.09. The zero-order valence-electron chi connectivity index (χ0n) is 13.2. The Labute approximate surface area is 137 Å². The van der Waals surface area contributed by atoms with Gasteiger partial charge in [-0.3, -0.25) is 10.1 Å². The Kier molecular flexibility index (Phi) is 4.24. The predicted octanol–water partition coefficient (Wildman–Crippen LogP) is 3.19. The molecule has 24 heavy (non-hydrogen) atoms. The first-order valence-electron chi connectivity index (χ1n) is 7.21. The lowest BCUT2D eigenvalue weighted by atomic mass is 10.2. The average Bonchev–Trinajstić information content (AvgIpc) is 3.03. The molecular formula is C17H15FN4O2. The number of hydrogen-bond acceptors (Lipinski definition) is 5. The molecule has 0 spiro atoms. The van der Waals surface area contributed by atoms with Crippen LogP contribution in [0.2, 0.25) is 0 Å². The first-order valence-corrected chi connectivity index (χ1v) is 7.21. The topological polar surface area (TPSA) is 71.3 Å². The predicted molar refractivity (Wildman–Crippen MR) is 88.4 cm³/mol. The van der Waals surface area contributed by atoms with E-state index < -0.39 is 5.82 Å². The van der Waals surface area contributed by atoms with E-state index in [1.165, 1.54) is 12.1 Å². The monoisotopic (exact) mass is 326 g/mol. The van der Waals surface area contributed by atoms with E-state index in [1.807, 2.05) is 31.1 Å². The molecular weight excluding hydrogens is 311 g/mol. The molecule has 0 bridgehead atoms. The lowest BCUT2D eigenvalue weighted by molar-refractivity contribution is 0.102. The first-order chi connectivity index (χ1) is 11.5. The average molecular weight is 326 g/mol.